The van der Waals surface area contributed by atoms with Gasteiger partial charge in [-0.1, -0.05) is 12.1 Å². The van der Waals surface area contributed by atoms with Gasteiger partial charge in [-0.05, 0) is 31.2 Å². The summed E-state index contributed by atoms with van der Waals surface area (Å²) in [6, 6.07) is 8.19. The van der Waals surface area contributed by atoms with E-state index in [1.807, 2.05) is 12.1 Å². The second kappa shape index (κ2) is 6.43. The van der Waals surface area contributed by atoms with E-state index in [2.05, 4.69) is 24.1 Å². The van der Waals surface area contributed by atoms with Crippen molar-refractivity contribution in [1.82, 2.24) is 4.90 Å². The summed E-state index contributed by atoms with van der Waals surface area (Å²) >= 11 is 0. The lowest BCUT2D eigenvalue weighted by molar-refractivity contribution is 0.347. The van der Waals surface area contributed by atoms with Crippen molar-refractivity contribution in [2.75, 3.05) is 33.8 Å². The number of likely N-dealkylation sites (N-methyl/N-ethyl adjacent to an activating group) is 1. The lowest BCUT2D eigenvalue weighted by Gasteiger charge is -2.15. The number of rotatable bonds is 6. The standard InChI is InChI=1S/C12H20N2O/c1-14(9-7-13)8-6-11-4-3-5-12(10-11)15-2/h3-5,10H,6-9,13H2,1-2H3. The molecule has 0 bridgehead atoms. The highest BCUT2D eigenvalue weighted by molar-refractivity contribution is 5.28. The number of nitrogens with two attached hydrogens (primary N) is 1. The topological polar surface area (TPSA) is 38.5 Å². The van der Waals surface area contributed by atoms with E-state index in [1.165, 1.54) is 5.56 Å². The molecule has 0 atom stereocenters. The van der Waals surface area contributed by atoms with Gasteiger partial charge >= 0.3 is 0 Å². The highest BCUT2D eigenvalue weighted by Gasteiger charge is 1.99. The van der Waals surface area contributed by atoms with E-state index in [1.54, 1.807) is 7.11 Å². The van der Waals surface area contributed by atoms with Crippen LogP contribution >= 0.6 is 0 Å². The lowest BCUT2D eigenvalue weighted by atomic mass is 10.1. The van der Waals surface area contributed by atoms with Gasteiger partial charge in [0.05, 0.1) is 7.11 Å². The normalized spacial score (nSPS) is 10.7. The van der Waals surface area contributed by atoms with Crippen LogP contribution in [0.4, 0.5) is 0 Å². The first-order chi connectivity index (χ1) is 7.26. The molecule has 0 aliphatic heterocycles. The maximum absolute atomic E-state index is 5.48. The number of ether oxygens (including phenoxy) is 1. The van der Waals surface area contributed by atoms with Gasteiger partial charge < -0.3 is 15.4 Å². The van der Waals surface area contributed by atoms with E-state index < -0.39 is 0 Å². The van der Waals surface area contributed by atoms with Crippen LogP contribution in [0, 0.1) is 0 Å². The molecular weight excluding hydrogens is 188 g/mol. The van der Waals surface area contributed by atoms with Gasteiger partial charge in [-0.15, -0.1) is 0 Å². The maximum atomic E-state index is 5.48. The van der Waals surface area contributed by atoms with E-state index in [9.17, 15) is 0 Å². The second-order valence-electron chi connectivity index (χ2n) is 3.69. The minimum atomic E-state index is 0.717. The molecule has 84 valence electrons. The Kier molecular flexibility index (Phi) is 5.15. The summed E-state index contributed by atoms with van der Waals surface area (Å²) < 4.78 is 5.18. The molecule has 0 aliphatic rings. The number of hydrogen-bond acceptors (Lipinski definition) is 3. The molecular formula is C12H20N2O. The van der Waals surface area contributed by atoms with Crippen LogP contribution in [0.15, 0.2) is 24.3 Å². The van der Waals surface area contributed by atoms with E-state index in [0.29, 0.717) is 6.54 Å². The second-order valence-corrected chi connectivity index (χ2v) is 3.69. The Labute approximate surface area is 91.8 Å². The maximum Gasteiger partial charge on any atom is 0.119 e. The molecule has 3 heteroatoms. The van der Waals surface area contributed by atoms with Crippen LogP contribution in [0.3, 0.4) is 0 Å². The Bertz CT molecular complexity index is 289. The Morgan fingerprint density at radius 1 is 1.33 bits per heavy atom. The molecule has 3 nitrogen and oxygen atoms in total. The van der Waals surface area contributed by atoms with Gasteiger partial charge in [0, 0.05) is 19.6 Å². The largest absolute Gasteiger partial charge is 0.497 e. The van der Waals surface area contributed by atoms with Crippen LogP contribution in [-0.2, 0) is 6.42 Å². The minimum Gasteiger partial charge on any atom is -0.497 e. The summed E-state index contributed by atoms with van der Waals surface area (Å²) in [4.78, 5) is 2.24. The minimum absolute atomic E-state index is 0.717. The van der Waals surface area contributed by atoms with Crippen LogP contribution in [0.25, 0.3) is 0 Å². The van der Waals surface area contributed by atoms with E-state index in [0.717, 1.165) is 25.3 Å². The third-order valence-electron chi connectivity index (χ3n) is 2.43. The summed E-state index contributed by atoms with van der Waals surface area (Å²) in [6.45, 7) is 2.70. The quantitative estimate of drug-likeness (QED) is 0.761. The van der Waals surface area contributed by atoms with Crippen molar-refractivity contribution in [3.05, 3.63) is 29.8 Å². The molecule has 1 rings (SSSR count). The van der Waals surface area contributed by atoms with E-state index in [4.69, 9.17) is 10.5 Å². The Morgan fingerprint density at radius 2 is 2.13 bits per heavy atom. The van der Waals surface area contributed by atoms with Gasteiger partial charge in [0.1, 0.15) is 5.75 Å². The number of benzene rings is 1. The van der Waals surface area contributed by atoms with Crippen molar-refractivity contribution in [2.45, 2.75) is 6.42 Å². The lowest BCUT2D eigenvalue weighted by Crippen LogP contribution is -2.27. The molecule has 0 saturated heterocycles. The number of nitrogens with zero attached hydrogens (tertiary/aromatic N) is 1. The zero-order valence-electron chi connectivity index (χ0n) is 9.57. The molecule has 2 N–H and O–H groups in total. The molecule has 15 heavy (non-hydrogen) atoms. The van der Waals surface area contributed by atoms with Crippen molar-refractivity contribution in [3.8, 4) is 5.75 Å². The zero-order valence-corrected chi connectivity index (χ0v) is 9.57. The van der Waals surface area contributed by atoms with Crippen LogP contribution in [0.2, 0.25) is 0 Å². The molecule has 0 spiro atoms. The Balaban J connectivity index is 2.43. The summed E-state index contributed by atoms with van der Waals surface area (Å²) in [7, 11) is 3.78. The van der Waals surface area contributed by atoms with Gasteiger partial charge in [0.25, 0.3) is 0 Å². The molecule has 1 aromatic rings. The molecule has 0 heterocycles. The Morgan fingerprint density at radius 3 is 2.80 bits per heavy atom. The monoisotopic (exact) mass is 208 g/mol. The summed E-state index contributed by atoms with van der Waals surface area (Å²) in [5.41, 5.74) is 6.79. The van der Waals surface area contributed by atoms with Crippen LogP contribution in [0.5, 0.6) is 5.75 Å². The fraction of sp³-hybridized carbons (Fsp3) is 0.500. The Hall–Kier alpha value is -1.06. The van der Waals surface area contributed by atoms with Gasteiger partial charge in [-0.2, -0.15) is 0 Å². The summed E-state index contributed by atoms with van der Waals surface area (Å²) in [5.74, 6) is 0.925. The number of hydrogen-bond donors (Lipinski definition) is 1. The highest BCUT2D eigenvalue weighted by Crippen LogP contribution is 2.12. The van der Waals surface area contributed by atoms with E-state index in [-0.39, 0.29) is 0 Å². The molecule has 0 saturated carbocycles. The zero-order chi connectivity index (χ0) is 11.1. The first-order valence-electron chi connectivity index (χ1n) is 5.28. The van der Waals surface area contributed by atoms with Gasteiger partial charge in [0.2, 0.25) is 0 Å². The summed E-state index contributed by atoms with van der Waals surface area (Å²) in [5, 5.41) is 0. The molecule has 1 aromatic carbocycles. The third kappa shape index (κ3) is 4.32. The highest BCUT2D eigenvalue weighted by atomic mass is 16.5. The smallest absolute Gasteiger partial charge is 0.119 e. The van der Waals surface area contributed by atoms with Crippen molar-refractivity contribution in [3.63, 3.8) is 0 Å². The molecule has 0 aromatic heterocycles. The van der Waals surface area contributed by atoms with Gasteiger partial charge in [-0.3, -0.25) is 0 Å². The molecule has 0 fully saturated rings. The summed E-state index contributed by atoms with van der Waals surface area (Å²) in [6.07, 6.45) is 1.04. The molecule has 0 amide bonds. The predicted molar refractivity (Wildman–Crippen MR) is 63.2 cm³/mol. The van der Waals surface area contributed by atoms with E-state index >= 15 is 0 Å². The predicted octanol–water partition coefficient (Wildman–Crippen LogP) is 1.13. The third-order valence-corrected chi connectivity index (χ3v) is 2.43. The first-order valence-corrected chi connectivity index (χ1v) is 5.28. The van der Waals surface area contributed by atoms with Crippen molar-refractivity contribution in [2.24, 2.45) is 5.73 Å². The molecule has 0 radical (unpaired) electrons. The van der Waals surface area contributed by atoms with Crippen LogP contribution in [0.1, 0.15) is 5.56 Å². The van der Waals surface area contributed by atoms with Crippen molar-refractivity contribution < 1.29 is 4.74 Å². The van der Waals surface area contributed by atoms with Crippen LogP contribution < -0.4 is 10.5 Å². The number of methoxy groups -OCH3 is 1. The molecule has 0 aliphatic carbocycles. The van der Waals surface area contributed by atoms with Gasteiger partial charge in [0.15, 0.2) is 0 Å². The van der Waals surface area contributed by atoms with Crippen molar-refractivity contribution >= 4 is 0 Å². The van der Waals surface area contributed by atoms with Crippen LogP contribution in [-0.4, -0.2) is 38.7 Å². The SMILES string of the molecule is COc1cccc(CCN(C)CCN)c1. The fourth-order valence-corrected chi connectivity index (χ4v) is 1.48. The average molecular weight is 208 g/mol. The average Bonchev–Trinajstić information content (AvgIpc) is 2.27. The van der Waals surface area contributed by atoms with Crippen molar-refractivity contribution in [1.29, 1.82) is 0 Å². The fourth-order valence-electron chi connectivity index (χ4n) is 1.48. The first kappa shape index (κ1) is 12.0. The van der Waals surface area contributed by atoms with Gasteiger partial charge in [-0.25, -0.2) is 0 Å². The molecule has 0 unspecified atom stereocenters.